The third kappa shape index (κ3) is 3.72. The molecule has 0 aliphatic rings. The van der Waals surface area contributed by atoms with Gasteiger partial charge in [0.15, 0.2) is 0 Å². The molecule has 1 heterocycles. The van der Waals surface area contributed by atoms with E-state index < -0.39 is 0 Å². The van der Waals surface area contributed by atoms with Crippen LogP contribution in [0.25, 0.3) is 0 Å². The molecule has 1 atom stereocenters. The highest BCUT2D eigenvalue weighted by atomic mass is 16.5. The van der Waals surface area contributed by atoms with Crippen LogP contribution in [0.4, 0.5) is 0 Å². The molecule has 0 aliphatic heterocycles. The van der Waals surface area contributed by atoms with Gasteiger partial charge in [-0.1, -0.05) is 19.1 Å². The van der Waals surface area contributed by atoms with Crippen molar-refractivity contribution in [2.24, 2.45) is 0 Å². The van der Waals surface area contributed by atoms with Gasteiger partial charge < -0.3 is 15.0 Å². The number of benzene rings is 1. The van der Waals surface area contributed by atoms with E-state index in [1.807, 2.05) is 31.2 Å². The maximum absolute atomic E-state index is 12.2. The molecule has 2 aromatic rings. The van der Waals surface area contributed by atoms with Crippen LogP contribution in [0.3, 0.4) is 0 Å². The standard InChI is InChI=1S/C16H18N2O3/c1-3-14(11-4-7-13(21-2)8-5-11)18-16(20)12-6-9-15(19)17-10-12/h4-10,14H,3H2,1-2H3,(H,17,19)(H,18,20)/t14-/m0/s1. The molecule has 1 aromatic carbocycles. The first kappa shape index (κ1) is 14.8. The van der Waals surface area contributed by atoms with Gasteiger partial charge in [-0.25, -0.2) is 0 Å². The van der Waals surface area contributed by atoms with E-state index in [9.17, 15) is 9.59 Å². The van der Waals surface area contributed by atoms with Gasteiger partial charge in [0, 0.05) is 12.3 Å². The highest BCUT2D eigenvalue weighted by Gasteiger charge is 2.14. The molecule has 1 amide bonds. The molecule has 1 aromatic heterocycles. The Balaban J connectivity index is 2.12. The average molecular weight is 286 g/mol. The molecule has 0 saturated carbocycles. The predicted octanol–water partition coefficient (Wildman–Crippen LogP) is 2.26. The van der Waals surface area contributed by atoms with Crippen LogP contribution in [0, 0.1) is 0 Å². The summed E-state index contributed by atoms with van der Waals surface area (Å²) in [6, 6.07) is 10.3. The predicted molar refractivity (Wildman–Crippen MR) is 80.6 cm³/mol. The number of rotatable bonds is 5. The largest absolute Gasteiger partial charge is 0.497 e. The smallest absolute Gasteiger partial charge is 0.253 e. The number of hydrogen-bond acceptors (Lipinski definition) is 3. The summed E-state index contributed by atoms with van der Waals surface area (Å²) in [5, 5.41) is 2.95. The fourth-order valence-electron chi connectivity index (χ4n) is 2.05. The fourth-order valence-corrected chi connectivity index (χ4v) is 2.05. The monoisotopic (exact) mass is 286 g/mol. The lowest BCUT2D eigenvalue weighted by atomic mass is 10.0. The van der Waals surface area contributed by atoms with Crippen LogP contribution in [0.15, 0.2) is 47.4 Å². The molecule has 0 spiro atoms. The summed E-state index contributed by atoms with van der Waals surface area (Å²) in [6.07, 6.45) is 2.18. The van der Waals surface area contributed by atoms with Gasteiger partial charge in [-0.2, -0.15) is 0 Å². The number of nitrogens with one attached hydrogen (secondary N) is 2. The Labute approximate surface area is 123 Å². The minimum Gasteiger partial charge on any atom is -0.497 e. The lowest BCUT2D eigenvalue weighted by Crippen LogP contribution is -2.28. The Morgan fingerprint density at radius 2 is 1.95 bits per heavy atom. The molecule has 5 nitrogen and oxygen atoms in total. The van der Waals surface area contributed by atoms with Gasteiger partial charge in [0.25, 0.3) is 5.91 Å². The summed E-state index contributed by atoms with van der Waals surface area (Å²) in [5.41, 5.74) is 1.21. The van der Waals surface area contributed by atoms with Crippen molar-refractivity contribution in [2.75, 3.05) is 7.11 Å². The number of carbonyl (C=O) groups excluding carboxylic acids is 1. The van der Waals surface area contributed by atoms with E-state index >= 15 is 0 Å². The van der Waals surface area contributed by atoms with Gasteiger partial charge in [-0.15, -0.1) is 0 Å². The van der Waals surface area contributed by atoms with Crippen LogP contribution in [0.5, 0.6) is 5.75 Å². The second-order valence-electron chi connectivity index (χ2n) is 4.65. The van der Waals surface area contributed by atoms with Crippen molar-refractivity contribution < 1.29 is 9.53 Å². The summed E-state index contributed by atoms with van der Waals surface area (Å²) in [5.74, 6) is 0.564. The molecule has 0 unspecified atom stereocenters. The van der Waals surface area contributed by atoms with Gasteiger partial charge in [0.1, 0.15) is 5.75 Å². The summed E-state index contributed by atoms with van der Waals surface area (Å²) in [6.45, 7) is 2.00. The third-order valence-corrected chi connectivity index (χ3v) is 3.28. The molecule has 0 radical (unpaired) electrons. The number of ether oxygens (including phenoxy) is 1. The second-order valence-corrected chi connectivity index (χ2v) is 4.65. The van der Waals surface area contributed by atoms with E-state index in [0.29, 0.717) is 5.56 Å². The summed E-state index contributed by atoms with van der Waals surface area (Å²) >= 11 is 0. The topological polar surface area (TPSA) is 71.2 Å². The molecule has 21 heavy (non-hydrogen) atoms. The Bertz CT molecular complexity index is 641. The Morgan fingerprint density at radius 3 is 2.48 bits per heavy atom. The van der Waals surface area contributed by atoms with Gasteiger partial charge in [0.2, 0.25) is 5.56 Å². The number of aromatic amines is 1. The highest BCUT2D eigenvalue weighted by Crippen LogP contribution is 2.20. The van der Waals surface area contributed by atoms with E-state index in [2.05, 4.69) is 10.3 Å². The van der Waals surface area contributed by atoms with E-state index in [1.165, 1.54) is 18.3 Å². The summed E-state index contributed by atoms with van der Waals surface area (Å²) in [4.78, 5) is 25.7. The number of amides is 1. The zero-order valence-corrected chi connectivity index (χ0v) is 12.1. The van der Waals surface area contributed by atoms with Crippen molar-refractivity contribution in [3.8, 4) is 5.75 Å². The minimum absolute atomic E-state index is 0.0877. The molecule has 110 valence electrons. The van der Waals surface area contributed by atoms with Gasteiger partial charge in [-0.05, 0) is 30.2 Å². The maximum atomic E-state index is 12.2. The van der Waals surface area contributed by atoms with E-state index in [4.69, 9.17) is 4.74 Å². The molecule has 0 fully saturated rings. The van der Waals surface area contributed by atoms with Crippen LogP contribution in [0.1, 0.15) is 35.3 Å². The average Bonchev–Trinajstić information content (AvgIpc) is 2.53. The molecule has 2 N–H and O–H groups in total. The molecule has 0 bridgehead atoms. The molecule has 0 aliphatic carbocycles. The van der Waals surface area contributed by atoms with E-state index in [-0.39, 0.29) is 17.5 Å². The lowest BCUT2D eigenvalue weighted by molar-refractivity contribution is 0.0935. The van der Waals surface area contributed by atoms with Crippen LogP contribution >= 0.6 is 0 Å². The van der Waals surface area contributed by atoms with Gasteiger partial charge in [0.05, 0.1) is 18.7 Å². The Morgan fingerprint density at radius 1 is 1.24 bits per heavy atom. The quantitative estimate of drug-likeness (QED) is 0.885. The van der Waals surface area contributed by atoms with Gasteiger partial charge >= 0.3 is 0 Å². The summed E-state index contributed by atoms with van der Waals surface area (Å²) < 4.78 is 5.12. The first-order valence-electron chi connectivity index (χ1n) is 6.77. The van der Waals surface area contributed by atoms with E-state index in [1.54, 1.807) is 7.11 Å². The number of carbonyl (C=O) groups is 1. The highest BCUT2D eigenvalue weighted by molar-refractivity contribution is 5.94. The first-order chi connectivity index (χ1) is 10.1. The lowest BCUT2D eigenvalue weighted by Gasteiger charge is -2.17. The van der Waals surface area contributed by atoms with Gasteiger partial charge in [-0.3, -0.25) is 9.59 Å². The molecule has 2 rings (SSSR count). The van der Waals surface area contributed by atoms with Crippen molar-refractivity contribution in [1.82, 2.24) is 10.3 Å². The van der Waals surface area contributed by atoms with Crippen LogP contribution < -0.4 is 15.6 Å². The van der Waals surface area contributed by atoms with Crippen molar-refractivity contribution in [3.05, 3.63) is 64.1 Å². The number of methoxy groups -OCH3 is 1. The number of hydrogen-bond donors (Lipinski definition) is 2. The van der Waals surface area contributed by atoms with E-state index in [0.717, 1.165) is 17.7 Å². The zero-order valence-electron chi connectivity index (χ0n) is 12.1. The second kappa shape index (κ2) is 6.74. The molecular weight excluding hydrogens is 268 g/mol. The Hall–Kier alpha value is -2.56. The van der Waals surface area contributed by atoms with Crippen molar-refractivity contribution >= 4 is 5.91 Å². The van der Waals surface area contributed by atoms with Crippen molar-refractivity contribution in [2.45, 2.75) is 19.4 Å². The van der Waals surface area contributed by atoms with Crippen LogP contribution in [-0.2, 0) is 0 Å². The third-order valence-electron chi connectivity index (χ3n) is 3.28. The first-order valence-corrected chi connectivity index (χ1v) is 6.77. The van der Waals surface area contributed by atoms with Crippen LogP contribution in [-0.4, -0.2) is 18.0 Å². The number of H-pyrrole nitrogens is 1. The number of aromatic nitrogens is 1. The fraction of sp³-hybridized carbons (Fsp3) is 0.250. The number of pyridine rings is 1. The van der Waals surface area contributed by atoms with Crippen LogP contribution in [0.2, 0.25) is 0 Å². The van der Waals surface area contributed by atoms with Crippen molar-refractivity contribution in [3.63, 3.8) is 0 Å². The SMILES string of the molecule is CC[C@H](NC(=O)c1ccc(=O)[nH]c1)c1ccc(OC)cc1. The normalized spacial score (nSPS) is 11.7. The molecular formula is C16H18N2O3. The minimum atomic E-state index is -0.228. The maximum Gasteiger partial charge on any atom is 0.253 e. The summed E-state index contributed by atoms with van der Waals surface area (Å²) in [7, 11) is 1.62. The molecule has 0 saturated heterocycles. The Kier molecular flexibility index (Phi) is 4.77. The molecule has 5 heteroatoms. The van der Waals surface area contributed by atoms with Crippen molar-refractivity contribution in [1.29, 1.82) is 0 Å². The zero-order chi connectivity index (χ0) is 15.2.